The van der Waals surface area contributed by atoms with E-state index in [-0.39, 0.29) is 5.54 Å². The van der Waals surface area contributed by atoms with Crippen molar-refractivity contribution in [1.29, 1.82) is 0 Å². The smallest absolute Gasteiger partial charge is 0.209 e. The van der Waals surface area contributed by atoms with Crippen LogP contribution in [-0.2, 0) is 16.3 Å². The van der Waals surface area contributed by atoms with Crippen LogP contribution in [0.3, 0.4) is 0 Å². The van der Waals surface area contributed by atoms with Crippen molar-refractivity contribution < 1.29 is 4.21 Å². The molecule has 0 bridgehead atoms. The number of aromatic nitrogens is 4. The van der Waals surface area contributed by atoms with Crippen molar-refractivity contribution in [3.8, 4) is 0 Å². The van der Waals surface area contributed by atoms with Crippen molar-refractivity contribution in [1.82, 2.24) is 20.2 Å². The molecule has 0 aliphatic heterocycles. The zero-order chi connectivity index (χ0) is 14.6. The second kappa shape index (κ2) is 6.49. The lowest BCUT2D eigenvalue weighted by Crippen LogP contribution is -2.24. The Labute approximate surface area is 125 Å². The van der Waals surface area contributed by atoms with Gasteiger partial charge in [-0.05, 0) is 43.3 Å². The fourth-order valence-electron chi connectivity index (χ4n) is 1.59. The fourth-order valence-corrected chi connectivity index (χ4v) is 3.93. The van der Waals surface area contributed by atoms with Gasteiger partial charge in [0.15, 0.2) is 0 Å². The number of rotatable bonds is 5. The predicted octanol–water partition coefficient (Wildman–Crippen LogP) is 2.33. The number of tetrazole rings is 1. The molecule has 2 aromatic rings. The summed E-state index contributed by atoms with van der Waals surface area (Å²) in [4.78, 5) is 0.864. The highest BCUT2D eigenvalue weighted by atomic mass is 32.2. The van der Waals surface area contributed by atoms with Crippen LogP contribution in [0.1, 0.15) is 20.8 Å². The molecule has 0 saturated heterocycles. The second-order valence-corrected chi connectivity index (χ2v) is 7.89. The van der Waals surface area contributed by atoms with Crippen molar-refractivity contribution in [2.75, 3.05) is 11.5 Å². The molecule has 0 saturated carbocycles. The van der Waals surface area contributed by atoms with Crippen LogP contribution < -0.4 is 0 Å². The molecule has 1 aromatic carbocycles. The zero-order valence-corrected chi connectivity index (χ0v) is 13.4. The Morgan fingerprint density at radius 2 is 1.95 bits per heavy atom. The molecular weight excluding hydrogens is 292 g/mol. The van der Waals surface area contributed by atoms with Gasteiger partial charge in [0.1, 0.15) is 0 Å². The number of hydrogen-bond acceptors (Lipinski definition) is 5. The molecule has 0 amide bonds. The van der Waals surface area contributed by atoms with Crippen LogP contribution in [0.15, 0.2) is 40.4 Å². The number of benzene rings is 1. The Morgan fingerprint density at radius 1 is 1.25 bits per heavy atom. The maximum absolute atomic E-state index is 12.1. The second-order valence-electron chi connectivity index (χ2n) is 5.26. The van der Waals surface area contributed by atoms with Gasteiger partial charge < -0.3 is 0 Å². The summed E-state index contributed by atoms with van der Waals surface area (Å²) in [7, 11) is -0.971. The molecule has 7 heteroatoms. The van der Waals surface area contributed by atoms with Crippen molar-refractivity contribution in [3.05, 3.63) is 30.3 Å². The van der Waals surface area contributed by atoms with Crippen LogP contribution in [0, 0.1) is 0 Å². The molecule has 1 aromatic heterocycles. The van der Waals surface area contributed by atoms with E-state index in [1.54, 1.807) is 4.68 Å². The minimum Gasteiger partial charge on any atom is -0.254 e. The first-order valence-corrected chi connectivity index (χ1v) is 8.64. The molecule has 2 rings (SSSR count). The Hall–Kier alpha value is -1.21. The third kappa shape index (κ3) is 3.89. The Morgan fingerprint density at radius 3 is 2.60 bits per heavy atom. The summed E-state index contributed by atoms with van der Waals surface area (Å²) in [5, 5.41) is 12.5. The minimum atomic E-state index is -0.971. The van der Waals surface area contributed by atoms with Gasteiger partial charge in [0.2, 0.25) is 5.16 Å². The van der Waals surface area contributed by atoms with Crippen LogP contribution >= 0.6 is 11.8 Å². The lowest BCUT2D eigenvalue weighted by Gasteiger charge is -2.19. The van der Waals surface area contributed by atoms with E-state index in [0.29, 0.717) is 5.75 Å². The Kier molecular flexibility index (Phi) is 4.93. The van der Waals surface area contributed by atoms with Gasteiger partial charge in [-0.25, -0.2) is 4.68 Å². The van der Waals surface area contributed by atoms with Crippen LogP contribution in [0.5, 0.6) is 0 Å². The molecule has 0 radical (unpaired) electrons. The molecule has 0 unspecified atom stereocenters. The summed E-state index contributed by atoms with van der Waals surface area (Å²) in [5.74, 6) is 1.31. The monoisotopic (exact) mass is 310 g/mol. The summed E-state index contributed by atoms with van der Waals surface area (Å²) in [6.45, 7) is 6.15. The zero-order valence-electron chi connectivity index (χ0n) is 11.8. The molecular formula is C13H18N4OS2. The lowest BCUT2D eigenvalue weighted by molar-refractivity contribution is 0.321. The van der Waals surface area contributed by atoms with E-state index < -0.39 is 10.8 Å². The Bertz CT molecular complexity index is 578. The summed E-state index contributed by atoms with van der Waals surface area (Å²) >= 11 is 1.54. The molecule has 1 heterocycles. The van der Waals surface area contributed by atoms with Gasteiger partial charge >= 0.3 is 0 Å². The van der Waals surface area contributed by atoms with E-state index in [2.05, 4.69) is 36.3 Å². The quantitative estimate of drug-likeness (QED) is 0.793. The summed E-state index contributed by atoms with van der Waals surface area (Å²) in [5.41, 5.74) is -0.148. The standard InChI is InChI=1S/C13H18N4OS2/c1-13(2,3)17-12(14-15-16-17)19-9-10-20(18)11-7-5-4-6-8-11/h4-8H,9-10H2,1-3H3/t20-/m0/s1. The van der Waals surface area contributed by atoms with Gasteiger partial charge in [-0.15, -0.1) is 5.10 Å². The highest BCUT2D eigenvalue weighted by Gasteiger charge is 2.19. The van der Waals surface area contributed by atoms with Crippen LogP contribution in [0.4, 0.5) is 0 Å². The van der Waals surface area contributed by atoms with Crippen LogP contribution in [0.25, 0.3) is 0 Å². The summed E-state index contributed by atoms with van der Waals surface area (Å²) in [6, 6.07) is 9.51. The van der Waals surface area contributed by atoms with Crippen LogP contribution in [-0.4, -0.2) is 35.9 Å². The Balaban J connectivity index is 1.91. The highest BCUT2D eigenvalue weighted by Crippen LogP contribution is 2.21. The first kappa shape index (κ1) is 15.2. The minimum absolute atomic E-state index is 0.148. The third-order valence-corrected chi connectivity index (χ3v) is 5.13. The van der Waals surface area contributed by atoms with Gasteiger partial charge in [-0.2, -0.15) is 0 Å². The SMILES string of the molecule is CC(C)(C)n1nnnc1SCC[S@](=O)c1ccccc1. The van der Waals surface area contributed by atoms with Gasteiger partial charge in [0.25, 0.3) is 0 Å². The number of hydrogen-bond donors (Lipinski definition) is 0. The van der Waals surface area contributed by atoms with Crippen LogP contribution in [0.2, 0.25) is 0 Å². The molecule has 0 fully saturated rings. The molecule has 0 aliphatic carbocycles. The molecule has 5 nitrogen and oxygen atoms in total. The van der Waals surface area contributed by atoms with E-state index in [1.807, 2.05) is 30.3 Å². The molecule has 1 atom stereocenters. The summed E-state index contributed by atoms with van der Waals surface area (Å²) < 4.78 is 13.9. The summed E-state index contributed by atoms with van der Waals surface area (Å²) in [6.07, 6.45) is 0. The number of nitrogens with zero attached hydrogens (tertiary/aromatic N) is 4. The molecule has 0 aliphatic rings. The maximum Gasteiger partial charge on any atom is 0.209 e. The van der Waals surface area contributed by atoms with Crippen molar-refractivity contribution in [3.63, 3.8) is 0 Å². The topological polar surface area (TPSA) is 60.7 Å². The largest absolute Gasteiger partial charge is 0.254 e. The van der Waals surface area contributed by atoms with Crippen molar-refractivity contribution >= 4 is 22.6 Å². The molecule has 20 heavy (non-hydrogen) atoms. The average molecular weight is 310 g/mol. The third-order valence-electron chi connectivity index (χ3n) is 2.58. The van der Waals surface area contributed by atoms with Crippen molar-refractivity contribution in [2.24, 2.45) is 0 Å². The van der Waals surface area contributed by atoms with E-state index in [9.17, 15) is 4.21 Å². The van der Waals surface area contributed by atoms with Gasteiger partial charge in [-0.1, -0.05) is 30.0 Å². The van der Waals surface area contributed by atoms with Gasteiger partial charge in [0, 0.05) is 16.4 Å². The van der Waals surface area contributed by atoms with Gasteiger partial charge in [0.05, 0.1) is 16.3 Å². The molecule has 0 N–H and O–H groups in total. The van der Waals surface area contributed by atoms with Crippen molar-refractivity contribution in [2.45, 2.75) is 36.4 Å². The fraction of sp³-hybridized carbons (Fsp3) is 0.462. The molecule has 0 spiro atoms. The maximum atomic E-state index is 12.1. The van der Waals surface area contributed by atoms with E-state index >= 15 is 0 Å². The predicted molar refractivity (Wildman–Crippen MR) is 81.3 cm³/mol. The average Bonchev–Trinajstić information content (AvgIpc) is 2.88. The van der Waals surface area contributed by atoms with Gasteiger partial charge in [-0.3, -0.25) is 4.21 Å². The van der Waals surface area contributed by atoms with E-state index in [4.69, 9.17) is 0 Å². The first-order chi connectivity index (χ1) is 9.48. The normalized spacial score (nSPS) is 13.3. The van der Waals surface area contributed by atoms with E-state index in [1.165, 1.54) is 11.8 Å². The van der Waals surface area contributed by atoms with E-state index in [0.717, 1.165) is 15.8 Å². The number of thioether (sulfide) groups is 1. The highest BCUT2D eigenvalue weighted by molar-refractivity contribution is 8.00. The molecule has 108 valence electrons. The first-order valence-electron chi connectivity index (χ1n) is 6.33. The lowest BCUT2D eigenvalue weighted by atomic mass is 10.1.